The van der Waals surface area contributed by atoms with E-state index in [1.54, 1.807) is 18.2 Å². The van der Waals surface area contributed by atoms with E-state index >= 15 is 0 Å². The molecule has 2 aromatic heterocycles. The molecule has 13 heteroatoms. The summed E-state index contributed by atoms with van der Waals surface area (Å²) < 4.78 is 25.1. The van der Waals surface area contributed by atoms with E-state index in [2.05, 4.69) is 9.97 Å². The summed E-state index contributed by atoms with van der Waals surface area (Å²) >= 11 is 19.6. The number of hydrogen-bond donors (Lipinski definition) is 1. The molecule has 1 atom stereocenters. The van der Waals surface area contributed by atoms with Crippen molar-refractivity contribution in [2.45, 2.75) is 6.04 Å². The predicted molar refractivity (Wildman–Crippen MR) is 143 cm³/mol. The maximum absolute atomic E-state index is 14.1. The molecule has 0 bridgehead atoms. The van der Waals surface area contributed by atoms with E-state index in [0.717, 1.165) is 16.2 Å². The number of methoxy groups -OCH3 is 2. The Kier molecular flexibility index (Phi) is 6.91. The van der Waals surface area contributed by atoms with Gasteiger partial charge in [0.1, 0.15) is 22.6 Å². The van der Waals surface area contributed by atoms with E-state index < -0.39 is 29.3 Å². The average molecular weight is 595 g/mol. The molecule has 1 N–H and O–H groups in total. The topological polar surface area (TPSA) is 102 Å². The molecular weight excluding hydrogens is 580 g/mol. The van der Waals surface area contributed by atoms with Gasteiger partial charge in [0.2, 0.25) is 0 Å². The van der Waals surface area contributed by atoms with Crippen LogP contribution in [0.3, 0.4) is 0 Å². The molecule has 0 saturated carbocycles. The van der Waals surface area contributed by atoms with Gasteiger partial charge in [-0.15, -0.1) is 0 Å². The Hall–Kier alpha value is -3.44. The van der Waals surface area contributed by atoms with Crippen LogP contribution in [0.1, 0.15) is 17.3 Å². The number of amides is 1. The van der Waals surface area contributed by atoms with Crippen molar-refractivity contribution in [3.05, 3.63) is 80.3 Å². The summed E-state index contributed by atoms with van der Waals surface area (Å²) in [5.41, 5.74) is 0.253. The SMILES string of the molecule is COc1c(Cl)cc(/C(O)=C2\C(=O)C(=O)N(c3nc4cc(Cl)c(F)cc4s3)C2c2ccccn2)c(OC)c1Cl. The molecule has 1 fully saturated rings. The minimum Gasteiger partial charge on any atom is -0.507 e. The molecule has 0 spiro atoms. The van der Waals surface area contributed by atoms with Crippen LogP contribution in [0.15, 0.2) is 48.2 Å². The van der Waals surface area contributed by atoms with E-state index in [9.17, 15) is 19.1 Å². The fourth-order valence-electron chi connectivity index (χ4n) is 4.15. The summed E-state index contributed by atoms with van der Waals surface area (Å²) in [5, 5.41) is 11.4. The molecule has 4 aromatic rings. The molecular formula is C25H15Cl3FN3O5S. The summed E-state index contributed by atoms with van der Waals surface area (Å²) in [7, 11) is 2.67. The van der Waals surface area contributed by atoms with Crippen LogP contribution >= 0.6 is 46.1 Å². The number of pyridine rings is 1. The van der Waals surface area contributed by atoms with Crippen LogP contribution in [0.5, 0.6) is 11.5 Å². The molecule has 1 amide bonds. The number of rotatable bonds is 5. The Balaban J connectivity index is 1.77. The largest absolute Gasteiger partial charge is 0.507 e. The number of fused-ring (bicyclic) bond motifs is 1. The number of anilines is 1. The maximum Gasteiger partial charge on any atom is 0.301 e. The number of ether oxygens (including phenoxy) is 2. The first-order chi connectivity index (χ1) is 18.2. The quantitative estimate of drug-likeness (QED) is 0.161. The third-order valence-corrected chi connectivity index (χ3v) is 7.76. The number of ketones is 1. The van der Waals surface area contributed by atoms with Gasteiger partial charge in [0.25, 0.3) is 5.78 Å². The highest BCUT2D eigenvalue weighted by Gasteiger charge is 2.49. The number of carbonyl (C=O) groups is 2. The zero-order valence-electron chi connectivity index (χ0n) is 19.5. The molecule has 8 nitrogen and oxygen atoms in total. The van der Waals surface area contributed by atoms with E-state index in [0.29, 0.717) is 10.2 Å². The lowest BCUT2D eigenvalue weighted by atomic mass is 9.98. The van der Waals surface area contributed by atoms with Crippen molar-refractivity contribution in [1.29, 1.82) is 0 Å². The standard InChI is InChI=1S/C25H15Cl3FN3O5S/c1-36-22-10(7-12(27)23(37-2)18(22)28)20(33)17-19(14-5-3-4-6-30-14)32(24(35)21(17)34)25-31-15-8-11(26)13(29)9-16(15)38-25/h3-9,19,33H,1-2H3/b20-17+. The molecule has 194 valence electrons. The fourth-order valence-corrected chi connectivity index (χ4v) is 6.00. The Morgan fingerprint density at radius 2 is 1.82 bits per heavy atom. The molecule has 1 aliphatic heterocycles. The van der Waals surface area contributed by atoms with E-state index in [-0.39, 0.29) is 48.5 Å². The van der Waals surface area contributed by atoms with Crippen LogP contribution in [-0.2, 0) is 9.59 Å². The van der Waals surface area contributed by atoms with Crippen molar-refractivity contribution in [2.24, 2.45) is 0 Å². The van der Waals surface area contributed by atoms with Crippen molar-refractivity contribution in [2.75, 3.05) is 19.1 Å². The van der Waals surface area contributed by atoms with Crippen molar-refractivity contribution in [3.8, 4) is 11.5 Å². The number of carbonyl (C=O) groups excluding carboxylic acids is 2. The second-order valence-electron chi connectivity index (χ2n) is 7.94. The summed E-state index contributed by atoms with van der Waals surface area (Å²) in [6, 6.07) is 7.54. The third-order valence-electron chi connectivity index (χ3n) is 5.83. The second-order valence-corrected chi connectivity index (χ2v) is 10.1. The molecule has 5 rings (SSSR count). The highest BCUT2D eigenvalue weighted by Crippen LogP contribution is 2.48. The summed E-state index contributed by atoms with van der Waals surface area (Å²) in [4.78, 5) is 36.7. The molecule has 1 aliphatic rings. The first-order valence-electron chi connectivity index (χ1n) is 10.8. The van der Waals surface area contributed by atoms with E-state index in [1.807, 2.05) is 0 Å². The van der Waals surface area contributed by atoms with Gasteiger partial charge in [-0.05, 0) is 30.3 Å². The van der Waals surface area contributed by atoms with Crippen LogP contribution in [0, 0.1) is 5.82 Å². The lowest BCUT2D eigenvalue weighted by Crippen LogP contribution is -2.29. The molecule has 1 saturated heterocycles. The van der Waals surface area contributed by atoms with Crippen molar-refractivity contribution < 1.29 is 28.6 Å². The molecule has 38 heavy (non-hydrogen) atoms. The second kappa shape index (κ2) is 10.0. The number of aliphatic hydroxyl groups excluding tert-OH is 1. The Morgan fingerprint density at radius 1 is 1.08 bits per heavy atom. The monoisotopic (exact) mass is 593 g/mol. The zero-order valence-corrected chi connectivity index (χ0v) is 22.5. The van der Waals surface area contributed by atoms with Crippen molar-refractivity contribution in [3.63, 3.8) is 0 Å². The minimum absolute atomic E-state index is 0.0264. The highest BCUT2D eigenvalue weighted by atomic mass is 35.5. The van der Waals surface area contributed by atoms with Crippen molar-refractivity contribution in [1.82, 2.24) is 9.97 Å². The minimum atomic E-state index is -1.19. The van der Waals surface area contributed by atoms with Gasteiger partial charge in [-0.25, -0.2) is 9.37 Å². The Morgan fingerprint density at radius 3 is 2.47 bits per heavy atom. The first kappa shape index (κ1) is 26.2. The Labute approximate surface area is 233 Å². The van der Waals surface area contributed by atoms with Gasteiger partial charge >= 0.3 is 5.91 Å². The number of aliphatic hydroxyl groups is 1. The number of nitrogens with zero attached hydrogens (tertiary/aromatic N) is 3. The molecule has 2 aromatic carbocycles. The molecule has 3 heterocycles. The van der Waals surface area contributed by atoms with Gasteiger partial charge in [0, 0.05) is 6.20 Å². The van der Waals surface area contributed by atoms with E-state index in [1.165, 1.54) is 38.6 Å². The van der Waals surface area contributed by atoms with Crippen LogP contribution in [-0.4, -0.2) is 41.0 Å². The number of halogens is 4. The summed E-state index contributed by atoms with van der Waals surface area (Å²) in [6.45, 7) is 0. The van der Waals surface area contributed by atoms with Crippen LogP contribution in [0.4, 0.5) is 9.52 Å². The van der Waals surface area contributed by atoms with E-state index in [4.69, 9.17) is 44.3 Å². The number of benzene rings is 2. The summed E-state index contributed by atoms with van der Waals surface area (Å²) in [6.07, 6.45) is 1.48. The van der Waals surface area contributed by atoms with Crippen molar-refractivity contribution >= 4 is 78.9 Å². The highest BCUT2D eigenvalue weighted by molar-refractivity contribution is 7.22. The maximum atomic E-state index is 14.1. The van der Waals surface area contributed by atoms with Crippen LogP contribution in [0.2, 0.25) is 15.1 Å². The first-order valence-corrected chi connectivity index (χ1v) is 12.7. The van der Waals surface area contributed by atoms with Crippen LogP contribution in [0.25, 0.3) is 16.0 Å². The van der Waals surface area contributed by atoms with Gasteiger partial charge < -0.3 is 14.6 Å². The molecule has 0 radical (unpaired) electrons. The molecule has 1 unspecified atom stereocenters. The average Bonchev–Trinajstić information content (AvgIpc) is 3.41. The number of aromatic nitrogens is 2. The normalized spacial score (nSPS) is 16.9. The fraction of sp³-hybridized carbons (Fsp3) is 0.120. The smallest absolute Gasteiger partial charge is 0.301 e. The number of thiazole rings is 1. The number of hydrogen-bond acceptors (Lipinski definition) is 8. The van der Waals surface area contributed by atoms with Gasteiger partial charge in [-0.1, -0.05) is 52.2 Å². The summed E-state index contributed by atoms with van der Waals surface area (Å²) in [5.74, 6) is -3.16. The van der Waals surface area contributed by atoms with Gasteiger partial charge in [-0.3, -0.25) is 19.5 Å². The predicted octanol–water partition coefficient (Wildman–Crippen LogP) is 6.43. The molecule has 0 aliphatic carbocycles. The lowest BCUT2D eigenvalue weighted by Gasteiger charge is -2.22. The zero-order chi connectivity index (χ0) is 27.3. The van der Waals surface area contributed by atoms with Gasteiger partial charge in [-0.2, -0.15) is 0 Å². The van der Waals surface area contributed by atoms with Gasteiger partial charge in [0.15, 0.2) is 16.6 Å². The van der Waals surface area contributed by atoms with Gasteiger partial charge in [0.05, 0.1) is 51.3 Å². The Bertz CT molecular complexity index is 1620. The lowest BCUT2D eigenvalue weighted by molar-refractivity contribution is -0.132. The third kappa shape index (κ3) is 4.14. The number of Topliss-reactive ketones (excluding diaryl/α,β-unsaturated/α-hetero) is 1. The van der Waals surface area contributed by atoms with Crippen LogP contribution < -0.4 is 14.4 Å².